The third kappa shape index (κ3) is 2.16. The van der Waals surface area contributed by atoms with E-state index in [4.69, 9.17) is 0 Å². The van der Waals surface area contributed by atoms with Gasteiger partial charge in [0.05, 0.1) is 10.9 Å². The lowest BCUT2D eigenvalue weighted by molar-refractivity contribution is 0.0697. The number of benzene rings is 1. The second-order valence-corrected chi connectivity index (χ2v) is 7.27. The molecule has 1 N–H and O–H groups in total. The van der Waals surface area contributed by atoms with Gasteiger partial charge in [-0.1, -0.05) is 18.2 Å². The van der Waals surface area contributed by atoms with Gasteiger partial charge in [0.25, 0.3) is 0 Å². The van der Waals surface area contributed by atoms with Gasteiger partial charge in [0.2, 0.25) is 0 Å². The second kappa shape index (κ2) is 5.35. The number of aryl methyl sites for hydroxylation is 2. The molecule has 0 radical (unpaired) electrons. The molecule has 0 fully saturated rings. The lowest BCUT2D eigenvalue weighted by Crippen LogP contribution is -1.99. The third-order valence-electron chi connectivity index (χ3n) is 4.69. The topological polar surface area (TPSA) is 80.4 Å². The van der Waals surface area contributed by atoms with E-state index in [0.717, 1.165) is 28.7 Å². The van der Waals surface area contributed by atoms with Gasteiger partial charge in [-0.05, 0) is 37.3 Å². The van der Waals surface area contributed by atoms with E-state index in [2.05, 4.69) is 15.1 Å². The Hall–Kier alpha value is -2.80. The Labute approximate surface area is 146 Å². The van der Waals surface area contributed by atoms with Crippen LogP contribution < -0.4 is 0 Å². The Morgan fingerprint density at radius 3 is 2.92 bits per heavy atom. The predicted molar refractivity (Wildman–Crippen MR) is 95.2 cm³/mol. The van der Waals surface area contributed by atoms with Crippen LogP contribution in [0.1, 0.15) is 33.6 Å². The number of fused-ring (bicyclic) bond motifs is 5. The summed E-state index contributed by atoms with van der Waals surface area (Å²) in [7, 11) is 0. The number of aromatic nitrogens is 4. The molecule has 0 saturated carbocycles. The van der Waals surface area contributed by atoms with E-state index in [-0.39, 0.29) is 5.56 Å². The average Bonchev–Trinajstić information content (AvgIpc) is 3.22. The lowest BCUT2D eigenvalue weighted by atomic mass is 9.97. The predicted octanol–water partition coefficient (Wildman–Crippen LogP) is 3.58. The third-order valence-corrected chi connectivity index (χ3v) is 5.89. The Balaban J connectivity index is 1.79. The van der Waals surface area contributed by atoms with Gasteiger partial charge in [0.1, 0.15) is 11.2 Å². The van der Waals surface area contributed by atoms with Crippen molar-refractivity contribution in [3.05, 3.63) is 46.6 Å². The van der Waals surface area contributed by atoms with Crippen LogP contribution >= 0.6 is 11.3 Å². The van der Waals surface area contributed by atoms with Crippen LogP contribution in [0.2, 0.25) is 0 Å². The van der Waals surface area contributed by atoms with Crippen molar-refractivity contribution in [1.29, 1.82) is 0 Å². The molecule has 5 rings (SSSR count). The van der Waals surface area contributed by atoms with Gasteiger partial charge >= 0.3 is 5.97 Å². The zero-order chi connectivity index (χ0) is 17.0. The molecule has 3 heterocycles. The van der Waals surface area contributed by atoms with Crippen LogP contribution in [0.15, 0.2) is 30.6 Å². The maximum Gasteiger partial charge on any atom is 0.336 e. The molecule has 0 aliphatic heterocycles. The molecule has 0 amide bonds. The number of carboxylic acids is 1. The normalized spacial score (nSPS) is 14.1. The number of hydrogen-bond acceptors (Lipinski definition) is 5. The maximum absolute atomic E-state index is 11.5. The van der Waals surface area contributed by atoms with Crippen LogP contribution in [-0.2, 0) is 12.8 Å². The van der Waals surface area contributed by atoms with Crippen LogP contribution in [0.5, 0.6) is 0 Å². The SMILES string of the molecule is O=C(O)c1ccccc1-c1nc2c3c4c(sc3ncn2n1)CCCC4. The van der Waals surface area contributed by atoms with Crippen LogP contribution in [0.3, 0.4) is 0 Å². The van der Waals surface area contributed by atoms with Gasteiger partial charge < -0.3 is 5.11 Å². The highest BCUT2D eigenvalue weighted by molar-refractivity contribution is 7.19. The largest absolute Gasteiger partial charge is 0.478 e. The smallest absolute Gasteiger partial charge is 0.336 e. The van der Waals surface area contributed by atoms with Gasteiger partial charge in [0, 0.05) is 10.4 Å². The molecule has 25 heavy (non-hydrogen) atoms. The molecule has 7 heteroatoms. The number of carboxylic acid groups (broad SMARTS) is 1. The molecule has 4 aromatic rings. The molecule has 0 bridgehead atoms. The van der Waals surface area contributed by atoms with Crippen molar-refractivity contribution in [2.45, 2.75) is 25.7 Å². The quantitative estimate of drug-likeness (QED) is 0.598. The van der Waals surface area contributed by atoms with Crippen molar-refractivity contribution in [2.75, 3.05) is 0 Å². The minimum absolute atomic E-state index is 0.204. The van der Waals surface area contributed by atoms with Crippen LogP contribution in [0.25, 0.3) is 27.3 Å². The molecule has 0 unspecified atom stereocenters. The van der Waals surface area contributed by atoms with Crippen molar-refractivity contribution in [1.82, 2.24) is 19.6 Å². The van der Waals surface area contributed by atoms with Gasteiger partial charge in [-0.2, -0.15) is 0 Å². The molecule has 3 aromatic heterocycles. The summed E-state index contributed by atoms with van der Waals surface area (Å²) >= 11 is 1.74. The second-order valence-electron chi connectivity index (χ2n) is 6.19. The number of aromatic carboxylic acids is 1. The Kier molecular flexibility index (Phi) is 3.11. The molecule has 0 saturated heterocycles. The van der Waals surface area contributed by atoms with Gasteiger partial charge in [0.15, 0.2) is 11.5 Å². The van der Waals surface area contributed by atoms with Gasteiger partial charge in [-0.3, -0.25) is 0 Å². The fourth-order valence-corrected chi connectivity index (χ4v) is 4.76. The molecular weight excluding hydrogens is 336 g/mol. The molecular formula is C18H14N4O2S. The van der Waals surface area contributed by atoms with Crippen molar-refractivity contribution in [3.8, 4) is 11.4 Å². The summed E-state index contributed by atoms with van der Waals surface area (Å²) in [6.07, 6.45) is 6.22. The molecule has 0 spiro atoms. The summed E-state index contributed by atoms with van der Waals surface area (Å²) in [6, 6.07) is 6.82. The summed E-state index contributed by atoms with van der Waals surface area (Å²) in [6.45, 7) is 0. The molecule has 1 aliphatic rings. The van der Waals surface area contributed by atoms with Crippen LogP contribution in [0, 0.1) is 0 Å². The van der Waals surface area contributed by atoms with Gasteiger partial charge in [-0.25, -0.2) is 19.3 Å². The monoisotopic (exact) mass is 350 g/mol. The number of rotatable bonds is 2. The van der Waals surface area contributed by atoms with Crippen molar-refractivity contribution in [2.24, 2.45) is 0 Å². The Bertz CT molecular complexity index is 1140. The summed E-state index contributed by atoms with van der Waals surface area (Å²) in [5, 5.41) is 15.0. The molecule has 1 aromatic carbocycles. The summed E-state index contributed by atoms with van der Waals surface area (Å²) < 4.78 is 1.66. The standard InChI is InChI=1S/C18H14N4O2S/c23-18(24)11-6-2-1-5-10(11)15-20-16-14-12-7-3-4-8-13(12)25-17(14)19-9-22(16)21-15/h1-2,5-6,9H,3-4,7-8H2,(H,23,24). The fourth-order valence-electron chi connectivity index (χ4n) is 3.53. The van der Waals surface area contributed by atoms with Gasteiger partial charge in [-0.15, -0.1) is 16.4 Å². The zero-order valence-electron chi connectivity index (χ0n) is 13.3. The first kappa shape index (κ1) is 14.5. The van der Waals surface area contributed by atoms with Crippen molar-refractivity contribution in [3.63, 3.8) is 0 Å². The molecule has 1 aliphatic carbocycles. The van der Waals surface area contributed by atoms with Crippen molar-refractivity contribution < 1.29 is 9.90 Å². The van der Waals surface area contributed by atoms with E-state index in [1.165, 1.54) is 23.3 Å². The molecule has 0 atom stereocenters. The van der Waals surface area contributed by atoms with E-state index < -0.39 is 5.97 Å². The average molecular weight is 350 g/mol. The summed E-state index contributed by atoms with van der Waals surface area (Å²) in [4.78, 5) is 23.1. The first-order valence-corrected chi connectivity index (χ1v) is 9.02. The zero-order valence-corrected chi connectivity index (χ0v) is 14.1. The number of thiophene rings is 1. The van der Waals surface area contributed by atoms with E-state index in [9.17, 15) is 9.90 Å². The maximum atomic E-state index is 11.5. The van der Waals surface area contributed by atoms with E-state index in [1.54, 1.807) is 46.4 Å². The highest BCUT2D eigenvalue weighted by Gasteiger charge is 2.22. The highest BCUT2D eigenvalue weighted by Crippen LogP contribution is 2.37. The lowest BCUT2D eigenvalue weighted by Gasteiger charge is -2.09. The number of carbonyl (C=O) groups is 1. The first-order valence-electron chi connectivity index (χ1n) is 8.20. The minimum atomic E-state index is -0.981. The molecule has 6 nitrogen and oxygen atoms in total. The number of hydrogen-bond donors (Lipinski definition) is 1. The Morgan fingerprint density at radius 1 is 1.20 bits per heavy atom. The minimum Gasteiger partial charge on any atom is -0.478 e. The van der Waals surface area contributed by atoms with Crippen LogP contribution in [-0.4, -0.2) is 30.7 Å². The summed E-state index contributed by atoms with van der Waals surface area (Å²) in [5.74, 6) is -0.561. The number of nitrogens with zero attached hydrogens (tertiary/aromatic N) is 4. The van der Waals surface area contributed by atoms with Crippen LogP contribution in [0.4, 0.5) is 0 Å². The van der Waals surface area contributed by atoms with Crippen molar-refractivity contribution >= 4 is 33.2 Å². The molecule has 124 valence electrons. The summed E-state index contributed by atoms with van der Waals surface area (Å²) in [5.41, 5.74) is 2.83. The van der Waals surface area contributed by atoms with E-state index in [1.807, 2.05) is 0 Å². The van der Waals surface area contributed by atoms with E-state index >= 15 is 0 Å². The Morgan fingerprint density at radius 2 is 2.04 bits per heavy atom. The fraction of sp³-hybridized carbons (Fsp3) is 0.222. The highest BCUT2D eigenvalue weighted by atomic mass is 32.1. The first-order chi connectivity index (χ1) is 12.2. The van der Waals surface area contributed by atoms with E-state index in [0.29, 0.717) is 11.4 Å².